The Labute approximate surface area is 157 Å². The zero-order valence-corrected chi connectivity index (χ0v) is 14.6. The first-order valence-corrected chi connectivity index (χ1v) is 8.83. The minimum atomic E-state index is -0.399. The molecule has 0 fully saturated rings. The number of anilines is 1. The Bertz CT molecular complexity index is 1010. The third kappa shape index (κ3) is 3.70. The van der Waals surface area contributed by atoms with Crippen molar-refractivity contribution >= 4 is 23.2 Å². The molecule has 1 aliphatic heterocycles. The molecule has 27 heavy (non-hydrogen) atoms. The Kier molecular flexibility index (Phi) is 4.62. The van der Waals surface area contributed by atoms with Crippen molar-refractivity contribution in [1.82, 2.24) is 0 Å². The second kappa shape index (κ2) is 7.38. The molecule has 0 radical (unpaired) electrons. The van der Waals surface area contributed by atoms with Crippen LogP contribution in [0.3, 0.4) is 0 Å². The molecule has 0 saturated carbocycles. The van der Waals surface area contributed by atoms with Crippen molar-refractivity contribution < 1.29 is 9.59 Å². The lowest BCUT2D eigenvalue weighted by molar-refractivity contribution is -0.116. The van der Waals surface area contributed by atoms with Crippen LogP contribution < -0.4 is 5.32 Å². The molecule has 2 amide bonds. The number of rotatable bonds is 4. The maximum atomic E-state index is 12.9. The molecular formula is C23H18N2O2. The Hall–Kier alpha value is -3.53. The van der Waals surface area contributed by atoms with Gasteiger partial charge in [0.2, 0.25) is 0 Å². The molecule has 4 heteroatoms. The second-order valence-electron chi connectivity index (χ2n) is 6.47. The monoisotopic (exact) mass is 354 g/mol. The Morgan fingerprint density at radius 1 is 1.00 bits per heavy atom. The predicted octanol–water partition coefficient (Wildman–Crippen LogP) is 3.87. The summed E-state index contributed by atoms with van der Waals surface area (Å²) in [7, 11) is 0. The van der Waals surface area contributed by atoms with Crippen molar-refractivity contribution in [2.45, 2.75) is 6.42 Å². The van der Waals surface area contributed by atoms with Gasteiger partial charge in [-0.1, -0.05) is 66.8 Å². The molecular weight excluding hydrogens is 336 g/mol. The number of para-hydroxylation sites is 1. The first kappa shape index (κ1) is 16.9. The zero-order chi connectivity index (χ0) is 18.6. The van der Waals surface area contributed by atoms with Crippen molar-refractivity contribution in [3.63, 3.8) is 0 Å². The van der Waals surface area contributed by atoms with Gasteiger partial charge in [0.25, 0.3) is 11.8 Å². The van der Waals surface area contributed by atoms with Gasteiger partial charge in [0, 0.05) is 17.3 Å². The highest BCUT2D eigenvalue weighted by molar-refractivity contribution is 6.20. The first-order chi connectivity index (χ1) is 13.2. The average molecular weight is 354 g/mol. The quantitative estimate of drug-likeness (QED) is 0.906. The highest BCUT2D eigenvalue weighted by Gasteiger charge is 2.28. The number of benzene rings is 2. The summed E-state index contributed by atoms with van der Waals surface area (Å²) in [4.78, 5) is 28.8. The number of carbonyl (C=O) groups is 2. The minimum absolute atomic E-state index is 0.277. The van der Waals surface area contributed by atoms with E-state index in [9.17, 15) is 9.59 Å². The predicted molar refractivity (Wildman–Crippen MR) is 107 cm³/mol. The normalized spacial score (nSPS) is 17.8. The smallest absolute Gasteiger partial charge is 0.270 e. The van der Waals surface area contributed by atoms with Crippen LogP contribution in [0.1, 0.15) is 11.1 Å². The SMILES string of the molecule is O=C1C=C(C(=O)Nc2ccccc2Cc2ccccc2)C2C=CC=CC2=N1. The summed E-state index contributed by atoms with van der Waals surface area (Å²) in [6.07, 6.45) is 9.38. The van der Waals surface area contributed by atoms with Gasteiger partial charge in [0.1, 0.15) is 0 Å². The summed E-state index contributed by atoms with van der Waals surface area (Å²) in [5, 5.41) is 2.98. The molecule has 2 aromatic rings. The molecule has 132 valence electrons. The van der Waals surface area contributed by atoms with Crippen LogP contribution in [0, 0.1) is 5.92 Å². The van der Waals surface area contributed by atoms with Crippen molar-refractivity contribution in [3.05, 3.63) is 102 Å². The number of dihydropyridines is 1. The van der Waals surface area contributed by atoms with Crippen LogP contribution in [0.5, 0.6) is 0 Å². The number of nitrogens with zero attached hydrogens (tertiary/aromatic N) is 1. The molecule has 1 atom stereocenters. The summed E-state index contributed by atoms with van der Waals surface area (Å²) >= 11 is 0. The molecule has 2 aliphatic rings. The highest BCUT2D eigenvalue weighted by Crippen LogP contribution is 2.26. The van der Waals surface area contributed by atoms with E-state index in [2.05, 4.69) is 22.4 Å². The molecule has 1 heterocycles. The Morgan fingerprint density at radius 3 is 2.63 bits per heavy atom. The zero-order valence-electron chi connectivity index (χ0n) is 14.6. The summed E-state index contributed by atoms with van der Waals surface area (Å²) in [5.74, 6) is -0.959. The van der Waals surface area contributed by atoms with Crippen molar-refractivity contribution in [1.29, 1.82) is 0 Å². The fraction of sp³-hybridized carbons (Fsp3) is 0.0870. The van der Waals surface area contributed by atoms with Gasteiger partial charge in [-0.05, 0) is 29.7 Å². The topological polar surface area (TPSA) is 58.5 Å². The lowest BCUT2D eigenvalue weighted by Gasteiger charge is -2.22. The third-order valence-corrected chi connectivity index (χ3v) is 4.62. The van der Waals surface area contributed by atoms with E-state index in [0.29, 0.717) is 17.7 Å². The maximum Gasteiger partial charge on any atom is 0.270 e. The number of carbonyl (C=O) groups excluding carboxylic acids is 2. The number of amides is 2. The standard InChI is InChI=1S/C23H18N2O2/c26-22-15-19(18-11-5-7-13-21(18)24-22)23(27)25-20-12-6-4-10-17(20)14-16-8-2-1-3-9-16/h1-13,15,18H,14H2,(H,25,27). The molecule has 0 aromatic heterocycles. The minimum Gasteiger partial charge on any atom is -0.322 e. The number of allylic oxidation sites excluding steroid dienone is 4. The van der Waals surface area contributed by atoms with Gasteiger partial charge in [-0.3, -0.25) is 9.59 Å². The Balaban J connectivity index is 1.58. The van der Waals surface area contributed by atoms with E-state index < -0.39 is 5.91 Å². The van der Waals surface area contributed by atoms with E-state index in [4.69, 9.17) is 0 Å². The fourth-order valence-electron chi connectivity index (χ4n) is 3.30. The van der Waals surface area contributed by atoms with Crippen LogP contribution in [0.25, 0.3) is 0 Å². The lowest BCUT2D eigenvalue weighted by atomic mass is 9.87. The number of nitrogens with one attached hydrogen (secondary N) is 1. The second-order valence-corrected chi connectivity index (χ2v) is 6.47. The van der Waals surface area contributed by atoms with Crippen LogP contribution >= 0.6 is 0 Å². The number of hydrogen-bond donors (Lipinski definition) is 1. The summed E-state index contributed by atoms with van der Waals surface area (Å²) < 4.78 is 0. The van der Waals surface area contributed by atoms with E-state index in [0.717, 1.165) is 11.3 Å². The van der Waals surface area contributed by atoms with E-state index in [1.807, 2.05) is 60.7 Å². The van der Waals surface area contributed by atoms with Gasteiger partial charge in [0.05, 0.1) is 11.6 Å². The van der Waals surface area contributed by atoms with Gasteiger partial charge >= 0.3 is 0 Å². The molecule has 0 spiro atoms. The van der Waals surface area contributed by atoms with Gasteiger partial charge in [0.15, 0.2) is 0 Å². The molecule has 4 nitrogen and oxygen atoms in total. The maximum absolute atomic E-state index is 12.9. The van der Waals surface area contributed by atoms with Gasteiger partial charge in [-0.2, -0.15) is 0 Å². The molecule has 2 aromatic carbocycles. The van der Waals surface area contributed by atoms with Crippen LogP contribution in [0.4, 0.5) is 5.69 Å². The van der Waals surface area contributed by atoms with Gasteiger partial charge in [-0.15, -0.1) is 0 Å². The molecule has 1 aliphatic carbocycles. The molecule has 4 rings (SSSR count). The number of hydrogen-bond acceptors (Lipinski definition) is 2. The van der Waals surface area contributed by atoms with E-state index in [1.165, 1.54) is 11.6 Å². The van der Waals surface area contributed by atoms with E-state index in [-0.39, 0.29) is 11.8 Å². The summed E-state index contributed by atoms with van der Waals surface area (Å²) in [6, 6.07) is 17.8. The van der Waals surface area contributed by atoms with Crippen molar-refractivity contribution in [3.8, 4) is 0 Å². The first-order valence-electron chi connectivity index (χ1n) is 8.83. The van der Waals surface area contributed by atoms with Crippen molar-refractivity contribution in [2.75, 3.05) is 5.32 Å². The van der Waals surface area contributed by atoms with Crippen molar-refractivity contribution in [2.24, 2.45) is 10.9 Å². The largest absolute Gasteiger partial charge is 0.322 e. The number of fused-ring (bicyclic) bond motifs is 1. The van der Waals surface area contributed by atoms with Crippen LogP contribution in [-0.4, -0.2) is 17.5 Å². The lowest BCUT2D eigenvalue weighted by Crippen LogP contribution is -2.29. The van der Waals surface area contributed by atoms with E-state index >= 15 is 0 Å². The summed E-state index contributed by atoms with van der Waals surface area (Å²) in [6.45, 7) is 0. The van der Waals surface area contributed by atoms with Crippen LogP contribution in [0.2, 0.25) is 0 Å². The highest BCUT2D eigenvalue weighted by atomic mass is 16.2. The average Bonchev–Trinajstić information content (AvgIpc) is 2.69. The van der Waals surface area contributed by atoms with Crippen LogP contribution in [-0.2, 0) is 16.0 Å². The molecule has 0 saturated heterocycles. The summed E-state index contributed by atoms with van der Waals surface area (Å²) in [5.41, 5.74) is 3.96. The molecule has 1 N–H and O–H groups in total. The van der Waals surface area contributed by atoms with E-state index in [1.54, 1.807) is 6.08 Å². The number of aliphatic imine (C=N–C) groups is 1. The third-order valence-electron chi connectivity index (χ3n) is 4.62. The van der Waals surface area contributed by atoms with Gasteiger partial charge < -0.3 is 5.32 Å². The molecule has 0 bridgehead atoms. The fourth-order valence-corrected chi connectivity index (χ4v) is 3.30. The Morgan fingerprint density at radius 2 is 1.78 bits per heavy atom. The van der Waals surface area contributed by atoms with Gasteiger partial charge in [-0.25, -0.2) is 4.99 Å². The molecule has 1 unspecified atom stereocenters. The van der Waals surface area contributed by atoms with Crippen LogP contribution in [0.15, 0.2) is 95.5 Å².